The van der Waals surface area contributed by atoms with Gasteiger partial charge in [-0.05, 0) is 36.1 Å². The van der Waals surface area contributed by atoms with E-state index in [0.29, 0.717) is 16.3 Å². The lowest BCUT2D eigenvalue weighted by Crippen LogP contribution is -2.10. The topological polar surface area (TPSA) is 61.7 Å². The quantitative estimate of drug-likeness (QED) is 0.505. The van der Waals surface area contributed by atoms with Crippen molar-refractivity contribution in [2.24, 2.45) is 5.16 Å². The molecule has 1 aromatic heterocycles. The van der Waals surface area contributed by atoms with Gasteiger partial charge in [-0.25, -0.2) is 0 Å². The summed E-state index contributed by atoms with van der Waals surface area (Å²) in [6.45, 7) is 1.71. The molecular weight excluding hydrogens is 248 g/mol. The molecule has 2 aromatic rings. The predicted octanol–water partition coefficient (Wildman–Crippen LogP) is 3.20. The molecule has 0 aliphatic heterocycles. The third-order valence-electron chi connectivity index (χ3n) is 2.46. The lowest BCUT2D eigenvalue weighted by Gasteiger charge is -2.04. The number of oxime groups is 1. The van der Waals surface area contributed by atoms with E-state index >= 15 is 0 Å². The predicted molar refractivity (Wildman–Crippen MR) is 72.7 cm³/mol. The van der Waals surface area contributed by atoms with Crippen molar-refractivity contribution in [3.63, 3.8) is 0 Å². The second kappa shape index (κ2) is 5.46. The molecule has 0 saturated heterocycles. The van der Waals surface area contributed by atoms with Crippen molar-refractivity contribution < 1.29 is 10.0 Å². The third-order valence-corrected chi connectivity index (χ3v) is 3.32. The summed E-state index contributed by atoms with van der Waals surface area (Å²) in [5.74, 6) is -0.120. The Balaban J connectivity index is 2.09. The van der Waals surface area contributed by atoms with E-state index in [1.807, 2.05) is 11.4 Å². The largest absolute Gasteiger partial charge is 0.411 e. The van der Waals surface area contributed by atoms with Crippen LogP contribution in [0.5, 0.6) is 0 Å². The fourth-order valence-electron chi connectivity index (χ4n) is 1.45. The Labute approximate surface area is 109 Å². The summed E-state index contributed by atoms with van der Waals surface area (Å²) in [6.07, 6.45) is 0. The fourth-order valence-corrected chi connectivity index (χ4v) is 2.07. The minimum Gasteiger partial charge on any atom is -0.411 e. The van der Waals surface area contributed by atoms with Crippen LogP contribution in [0.25, 0.3) is 0 Å². The first-order chi connectivity index (χ1) is 8.70. The Kier molecular flexibility index (Phi) is 3.74. The van der Waals surface area contributed by atoms with Crippen LogP contribution in [0, 0.1) is 0 Å². The molecule has 18 heavy (non-hydrogen) atoms. The minimum atomic E-state index is -0.120. The molecule has 0 aliphatic carbocycles. The molecule has 92 valence electrons. The molecule has 0 atom stereocenters. The monoisotopic (exact) mass is 260 g/mol. The summed E-state index contributed by atoms with van der Waals surface area (Å²) in [4.78, 5) is 12.5. The van der Waals surface area contributed by atoms with Gasteiger partial charge >= 0.3 is 0 Å². The standard InChI is InChI=1S/C13H12N2O2S/c1-9(15-17)10-4-6-11(7-5-10)14-13(16)12-3-2-8-18-12/h2-8,17H,1H3,(H,14,16)/b15-9+. The van der Waals surface area contributed by atoms with E-state index in [2.05, 4.69) is 10.5 Å². The van der Waals surface area contributed by atoms with E-state index in [1.54, 1.807) is 37.3 Å². The summed E-state index contributed by atoms with van der Waals surface area (Å²) in [7, 11) is 0. The smallest absolute Gasteiger partial charge is 0.265 e. The summed E-state index contributed by atoms with van der Waals surface area (Å²) >= 11 is 1.40. The highest BCUT2D eigenvalue weighted by Crippen LogP contribution is 2.14. The number of nitrogens with zero attached hydrogens (tertiary/aromatic N) is 1. The molecule has 1 amide bonds. The number of carbonyl (C=O) groups excluding carboxylic acids is 1. The normalized spacial score (nSPS) is 11.3. The average Bonchev–Trinajstić information content (AvgIpc) is 2.92. The van der Waals surface area contributed by atoms with Crippen molar-refractivity contribution >= 4 is 28.6 Å². The third kappa shape index (κ3) is 2.75. The number of thiophene rings is 1. The summed E-state index contributed by atoms with van der Waals surface area (Å²) < 4.78 is 0. The summed E-state index contributed by atoms with van der Waals surface area (Å²) in [5.41, 5.74) is 2.06. The highest BCUT2D eigenvalue weighted by molar-refractivity contribution is 7.12. The van der Waals surface area contributed by atoms with Gasteiger partial charge in [0, 0.05) is 5.69 Å². The van der Waals surface area contributed by atoms with E-state index < -0.39 is 0 Å². The SMILES string of the molecule is C/C(=N\O)c1ccc(NC(=O)c2cccs2)cc1. The van der Waals surface area contributed by atoms with Crippen LogP contribution >= 0.6 is 11.3 Å². The highest BCUT2D eigenvalue weighted by atomic mass is 32.1. The molecule has 2 N–H and O–H groups in total. The Morgan fingerprint density at radius 3 is 2.56 bits per heavy atom. The van der Waals surface area contributed by atoms with Gasteiger partial charge < -0.3 is 10.5 Å². The van der Waals surface area contributed by atoms with E-state index in [1.165, 1.54) is 11.3 Å². The van der Waals surface area contributed by atoms with Gasteiger partial charge in [-0.1, -0.05) is 23.4 Å². The first-order valence-corrected chi connectivity index (χ1v) is 6.22. The molecule has 0 bridgehead atoms. The number of amides is 1. The van der Waals surface area contributed by atoms with Crippen LogP contribution in [0.15, 0.2) is 46.9 Å². The molecule has 0 fully saturated rings. The van der Waals surface area contributed by atoms with Crippen molar-refractivity contribution in [1.82, 2.24) is 0 Å². The Hall–Kier alpha value is -2.14. The average molecular weight is 260 g/mol. The van der Waals surface area contributed by atoms with Crippen LogP contribution in [0.2, 0.25) is 0 Å². The van der Waals surface area contributed by atoms with Crippen molar-refractivity contribution in [3.05, 3.63) is 52.2 Å². The zero-order valence-electron chi connectivity index (χ0n) is 9.75. The van der Waals surface area contributed by atoms with Gasteiger partial charge in [0.25, 0.3) is 5.91 Å². The molecule has 0 aliphatic rings. The van der Waals surface area contributed by atoms with Crippen molar-refractivity contribution in [3.8, 4) is 0 Å². The molecule has 0 spiro atoms. The first-order valence-electron chi connectivity index (χ1n) is 5.34. The molecular formula is C13H12N2O2S. The molecule has 1 heterocycles. The van der Waals surface area contributed by atoms with E-state index in [-0.39, 0.29) is 5.91 Å². The number of nitrogens with one attached hydrogen (secondary N) is 1. The maximum absolute atomic E-state index is 11.8. The number of rotatable bonds is 3. The second-order valence-electron chi connectivity index (χ2n) is 3.69. The van der Waals surface area contributed by atoms with Gasteiger partial charge in [-0.15, -0.1) is 11.3 Å². The molecule has 0 unspecified atom stereocenters. The number of hydrogen-bond donors (Lipinski definition) is 2. The maximum atomic E-state index is 11.8. The summed E-state index contributed by atoms with van der Waals surface area (Å²) in [6, 6.07) is 10.7. The molecule has 1 aromatic carbocycles. The Morgan fingerprint density at radius 2 is 2.00 bits per heavy atom. The maximum Gasteiger partial charge on any atom is 0.265 e. The van der Waals surface area contributed by atoms with Crippen LogP contribution in [0.3, 0.4) is 0 Å². The van der Waals surface area contributed by atoms with Crippen LogP contribution in [-0.4, -0.2) is 16.8 Å². The van der Waals surface area contributed by atoms with Gasteiger partial charge in [0.05, 0.1) is 10.6 Å². The van der Waals surface area contributed by atoms with Crippen LogP contribution in [-0.2, 0) is 0 Å². The molecule has 0 radical (unpaired) electrons. The van der Waals surface area contributed by atoms with E-state index in [9.17, 15) is 4.79 Å². The Morgan fingerprint density at radius 1 is 1.28 bits per heavy atom. The van der Waals surface area contributed by atoms with Crippen molar-refractivity contribution in [2.45, 2.75) is 6.92 Å². The van der Waals surface area contributed by atoms with Crippen LogP contribution in [0.1, 0.15) is 22.2 Å². The van der Waals surface area contributed by atoms with Gasteiger partial charge in [-0.2, -0.15) is 0 Å². The lowest BCUT2D eigenvalue weighted by molar-refractivity contribution is 0.103. The number of anilines is 1. The van der Waals surface area contributed by atoms with Crippen LogP contribution in [0.4, 0.5) is 5.69 Å². The fraction of sp³-hybridized carbons (Fsp3) is 0.0769. The van der Waals surface area contributed by atoms with Gasteiger partial charge in [0.2, 0.25) is 0 Å². The molecule has 5 heteroatoms. The second-order valence-corrected chi connectivity index (χ2v) is 4.64. The Bertz CT molecular complexity index is 559. The van der Waals surface area contributed by atoms with E-state index in [0.717, 1.165) is 5.56 Å². The van der Waals surface area contributed by atoms with Gasteiger partial charge in [0.15, 0.2) is 0 Å². The number of carbonyl (C=O) groups is 1. The first kappa shape index (κ1) is 12.3. The zero-order valence-corrected chi connectivity index (χ0v) is 10.6. The van der Waals surface area contributed by atoms with Gasteiger partial charge in [0.1, 0.15) is 0 Å². The van der Waals surface area contributed by atoms with Gasteiger partial charge in [-0.3, -0.25) is 4.79 Å². The van der Waals surface area contributed by atoms with E-state index in [4.69, 9.17) is 5.21 Å². The molecule has 0 saturated carbocycles. The minimum absolute atomic E-state index is 0.120. The highest BCUT2D eigenvalue weighted by Gasteiger charge is 2.06. The van der Waals surface area contributed by atoms with Crippen molar-refractivity contribution in [2.75, 3.05) is 5.32 Å². The zero-order chi connectivity index (χ0) is 13.0. The lowest BCUT2D eigenvalue weighted by atomic mass is 10.1. The number of hydrogen-bond acceptors (Lipinski definition) is 4. The molecule has 4 nitrogen and oxygen atoms in total. The summed E-state index contributed by atoms with van der Waals surface area (Å²) in [5, 5.41) is 16.4. The van der Waals surface area contributed by atoms with Crippen LogP contribution < -0.4 is 5.32 Å². The molecule has 2 rings (SSSR count). The number of benzene rings is 1. The van der Waals surface area contributed by atoms with Crippen molar-refractivity contribution in [1.29, 1.82) is 0 Å².